The van der Waals surface area contributed by atoms with Crippen LogP contribution in [0.3, 0.4) is 0 Å². The molecule has 3 rings (SSSR count). The van der Waals surface area contributed by atoms with Crippen molar-refractivity contribution in [2.75, 3.05) is 12.4 Å². The molecule has 118 valence electrons. The number of nitrogens with zero attached hydrogens (tertiary/aromatic N) is 1. The topological polar surface area (TPSA) is 48.3 Å². The summed E-state index contributed by atoms with van der Waals surface area (Å²) in [6.45, 7) is 6.39. The summed E-state index contributed by atoms with van der Waals surface area (Å²) >= 11 is 1.91. The number of aromatic nitrogens is 1. The molecule has 0 aliphatic carbocycles. The molecule has 0 bridgehead atoms. The van der Waals surface area contributed by atoms with E-state index in [2.05, 4.69) is 18.4 Å². The zero-order valence-electron chi connectivity index (χ0n) is 13.2. The van der Waals surface area contributed by atoms with Gasteiger partial charge in [-0.3, -0.25) is 4.79 Å². The van der Waals surface area contributed by atoms with Crippen LogP contribution >= 0.6 is 11.8 Å². The number of rotatable bonds is 3. The van der Waals surface area contributed by atoms with Crippen LogP contribution in [-0.2, 0) is 4.74 Å². The second-order valence-electron chi connectivity index (χ2n) is 6.08. The summed E-state index contributed by atoms with van der Waals surface area (Å²) < 4.78 is 7.14. The molecule has 1 aromatic rings. The second kappa shape index (κ2) is 5.95. The summed E-state index contributed by atoms with van der Waals surface area (Å²) in [6.07, 6.45) is 3.71. The van der Waals surface area contributed by atoms with Crippen LogP contribution in [-0.4, -0.2) is 22.9 Å². The Bertz CT molecular complexity index is 702. The number of pyridine rings is 1. The van der Waals surface area contributed by atoms with Gasteiger partial charge >= 0.3 is 5.97 Å². The van der Waals surface area contributed by atoms with Gasteiger partial charge in [-0.15, -0.1) is 11.8 Å². The zero-order chi connectivity index (χ0) is 15.9. The molecule has 0 N–H and O–H groups in total. The van der Waals surface area contributed by atoms with E-state index in [0.29, 0.717) is 5.92 Å². The van der Waals surface area contributed by atoms with Gasteiger partial charge in [-0.2, -0.15) is 0 Å². The highest BCUT2D eigenvalue weighted by Gasteiger charge is 2.31. The van der Waals surface area contributed by atoms with Crippen molar-refractivity contribution >= 4 is 23.3 Å². The second-order valence-corrected chi connectivity index (χ2v) is 7.27. The first-order chi connectivity index (χ1) is 10.5. The molecule has 1 unspecified atom stereocenters. The molecule has 2 aliphatic rings. The summed E-state index contributed by atoms with van der Waals surface area (Å²) in [6, 6.07) is 1.91. The number of fused-ring (bicyclic) bond motifs is 2. The quantitative estimate of drug-likeness (QED) is 0.800. The van der Waals surface area contributed by atoms with Crippen LogP contribution in [0.25, 0.3) is 5.57 Å². The van der Waals surface area contributed by atoms with Gasteiger partial charge in [-0.25, -0.2) is 4.79 Å². The molecular weight excluding hydrogens is 298 g/mol. The van der Waals surface area contributed by atoms with Crippen LogP contribution < -0.4 is 5.43 Å². The van der Waals surface area contributed by atoms with Crippen LogP contribution in [0.2, 0.25) is 0 Å². The van der Waals surface area contributed by atoms with Crippen molar-refractivity contribution in [3.8, 4) is 0 Å². The number of carbonyl (C=O) groups excluding carboxylic acids is 1. The van der Waals surface area contributed by atoms with Gasteiger partial charge in [0, 0.05) is 29.8 Å². The van der Waals surface area contributed by atoms with Crippen molar-refractivity contribution in [1.29, 1.82) is 0 Å². The Balaban J connectivity index is 2.15. The Hall–Kier alpha value is -1.49. The van der Waals surface area contributed by atoms with Crippen LogP contribution in [0.5, 0.6) is 0 Å². The number of carbonyl (C=O) groups is 1. The van der Waals surface area contributed by atoms with Crippen molar-refractivity contribution in [3.05, 3.63) is 38.6 Å². The van der Waals surface area contributed by atoms with E-state index in [1.54, 1.807) is 19.2 Å². The highest BCUT2D eigenvalue weighted by molar-refractivity contribution is 8.03. The molecule has 2 aliphatic heterocycles. The third-order valence-electron chi connectivity index (χ3n) is 4.37. The first-order valence-electron chi connectivity index (χ1n) is 7.81. The first kappa shape index (κ1) is 15.4. The average Bonchev–Trinajstić information content (AvgIpc) is 2.94. The summed E-state index contributed by atoms with van der Waals surface area (Å²) in [7, 11) is 0. The van der Waals surface area contributed by atoms with E-state index in [4.69, 9.17) is 4.74 Å². The van der Waals surface area contributed by atoms with E-state index < -0.39 is 5.97 Å². The van der Waals surface area contributed by atoms with Gasteiger partial charge in [-0.05, 0) is 36.2 Å². The molecule has 0 spiro atoms. The Morgan fingerprint density at radius 3 is 2.95 bits per heavy atom. The van der Waals surface area contributed by atoms with E-state index in [-0.39, 0.29) is 23.6 Å². The SMILES string of the molecule is CCOC(=O)c1cn2c(cc1=O)C1=C(CC2C(C)C)SCC1. The van der Waals surface area contributed by atoms with E-state index in [9.17, 15) is 9.59 Å². The lowest BCUT2D eigenvalue weighted by atomic mass is 9.92. The maximum absolute atomic E-state index is 12.3. The average molecular weight is 319 g/mol. The number of allylic oxidation sites excluding steroid dienone is 2. The Labute approximate surface area is 134 Å². The molecular formula is C17H21NO3S. The number of esters is 1. The number of thioether (sulfide) groups is 1. The smallest absolute Gasteiger partial charge is 0.343 e. The van der Waals surface area contributed by atoms with Gasteiger partial charge in [-0.1, -0.05) is 13.8 Å². The minimum absolute atomic E-state index is 0.144. The minimum atomic E-state index is -0.522. The fourth-order valence-corrected chi connectivity index (χ4v) is 4.45. The normalized spacial score (nSPS) is 20.1. The highest BCUT2D eigenvalue weighted by Crippen LogP contribution is 2.47. The molecule has 0 radical (unpaired) electrons. The van der Waals surface area contributed by atoms with Crippen LogP contribution in [0.15, 0.2) is 22.0 Å². The summed E-state index contributed by atoms with van der Waals surface area (Å²) in [4.78, 5) is 25.8. The van der Waals surface area contributed by atoms with Gasteiger partial charge in [0.05, 0.1) is 6.61 Å². The summed E-state index contributed by atoms with van der Waals surface area (Å²) in [5.74, 6) is 1.00. The van der Waals surface area contributed by atoms with Gasteiger partial charge < -0.3 is 9.30 Å². The molecule has 3 heterocycles. The van der Waals surface area contributed by atoms with Crippen molar-refractivity contribution in [2.24, 2.45) is 5.92 Å². The molecule has 0 amide bonds. The van der Waals surface area contributed by atoms with Crippen molar-refractivity contribution in [2.45, 2.75) is 39.7 Å². The summed E-state index contributed by atoms with van der Waals surface area (Å²) in [5, 5.41) is 0. The van der Waals surface area contributed by atoms with Gasteiger partial charge in [0.2, 0.25) is 0 Å². The maximum Gasteiger partial charge on any atom is 0.343 e. The molecule has 0 saturated heterocycles. The van der Waals surface area contributed by atoms with Gasteiger partial charge in [0.1, 0.15) is 5.56 Å². The lowest BCUT2D eigenvalue weighted by Gasteiger charge is -2.32. The predicted octanol–water partition coefficient (Wildman–Crippen LogP) is 3.47. The molecule has 4 nitrogen and oxygen atoms in total. The fraction of sp³-hybridized carbons (Fsp3) is 0.529. The lowest BCUT2D eigenvalue weighted by Crippen LogP contribution is -2.28. The van der Waals surface area contributed by atoms with Crippen LogP contribution in [0, 0.1) is 5.92 Å². The Morgan fingerprint density at radius 1 is 1.50 bits per heavy atom. The third-order valence-corrected chi connectivity index (χ3v) is 5.54. The van der Waals surface area contributed by atoms with E-state index in [1.165, 1.54) is 10.5 Å². The Kier molecular flexibility index (Phi) is 4.17. The molecule has 0 fully saturated rings. The third kappa shape index (κ3) is 2.51. The van der Waals surface area contributed by atoms with Crippen LogP contribution in [0.4, 0.5) is 0 Å². The number of ether oxygens (including phenoxy) is 1. The maximum atomic E-state index is 12.3. The molecule has 22 heavy (non-hydrogen) atoms. The van der Waals surface area contributed by atoms with Crippen LogP contribution in [0.1, 0.15) is 55.7 Å². The van der Waals surface area contributed by atoms with Crippen molar-refractivity contribution < 1.29 is 9.53 Å². The first-order valence-corrected chi connectivity index (χ1v) is 8.80. The molecule has 0 saturated carbocycles. The Morgan fingerprint density at radius 2 is 2.27 bits per heavy atom. The zero-order valence-corrected chi connectivity index (χ0v) is 14.0. The molecule has 5 heteroatoms. The van der Waals surface area contributed by atoms with Crippen molar-refractivity contribution in [3.63, 3.8) is 0 Å². The number of hydrogen-bond donors (Lipinski definition) is 0. The lowest BCUT2D eigenvalue weighted by molar-refractivity contribution is 0.0523. The van der Waals surface area contributed by atoms with E-state index >= 15 is 0 Å². The fourth-order valence-electron chi connectivity index (χ4n) is 3.23. The standard InChI is InChI=1S/C17H21NO3S/c1-4-21-17(20)12-9-18-13(10(2)3)8-16-11(5-6-22-16)14(18)7-15(12)19/h7,9-10,13H,4-6,8H2,1-3H3. The minimum Gasteiger partial charge on any atom is -0.462 e. The van der Waals surface area contributed by atoms with Gasteiger partial charge in [0.25, 0.3) is 0 Å². The summed E-state index contributed by atoms with van der Waals surface area (Å²) in [5.41, 5.74) is 2.18. The van der Waals surface area contributed by atoms with E-state index in [1.807, 2.05) is 11.8 Å². The largest absolute Gasteiger partial charge is 0.462 e. The number of hydrogen-bond acceptors (Lipinski definition) is 4. The predicted molar refractivity (Wildman–Crippen MR) is 89.1 cm³/mol. The monoisotopic (exact) mass is 319 g/mol. The molecule has 0 aromatic carbocycles. The van der Waals surface area contributed by atoms with Crippen molar-refractivity contribution in [1.82, 2.24) is 4.57 Å². The van der Waals surface area contributed by atoms with E-state index in [0.717, 1.165) is 24.3 Å². The molecule has 1 aromatic heterocycles. The van der Waals surface area contributed by atoms with Gasteiger partial charge in [0.15, 0.2) is 5.43 Å². The highest BCUT2D eigenvalue weighted by atomic mass is 32.2. The molecule has 1 atom stereocenters.